The lowest BCUT2D eigenvalue weighted by molar-refractivity contribution is -0.155. The van der Waals surface area contributed by atoms with E-state index >= 15 is 0 Å². The second-order valence-electron chi connectivity index (χ2n) is 7.00. The Morgan fingerprint density at radius 1 is 1.05 bits per heavy atom. The van der Waals surface area contributed by atoms with Crippen LogP contribution in [0, 0.1) is 11.8 Å². The Morgan fingerprint density at radius 3 is 2.53 bits per heavy atom. The second kappa shape index (κ2) is 6.11. The molecule has 3 nitrogen and oxygen atoms in total. The van der Waals surface area contributed by atoms with Crippen LogP contribution in [0.15, 0.2) is 0 Å². The van der Waals surface area contributed by atoms with Crippen LogP contribution >= 0.6 is 0 Å². The van der Waals surface area contributed by atoms with Gasteiger partial charge in [0.05, 0.1) is 12.2 Å². The molecule has 110 valence electrons. The zero-order chi connectivity index (χ0) is 13.1. The molecule has 0 unspecified atom stereocenters. The van der Waals surface area contributed by atoms with E-state index in [9.17, 15) is 0 Å². The average molecular weight is 267 g/mol. The molecule has 0 amide bonds. The van der Waals surface area contributed by atoms with Gasteiger partial charge in [-0.05, 0) is 24.7 Å². The summed E-state index contributed by atoms with van der Waals surface area (Å²) in [5.41, 5.74) is 0.123. The van der Waals surface area contributed by atoms with Crippen LogP contribution in [0.4, 0.5) is 0 Å². The third kappa shape index (κ3) is 3.50. The van der Waals surface area contributed by atoms with Crippen molar-refractivity contribution >= 4 is 0 Å². The molecule has 0 atom stereocenters. The number of hydrogen-bond donors (Lipinski definition) is 0. The molecule has 1 aliphatic carbocycles. The SMILES string of the molecule is CC1CCC(CN2CCOC3(CCOCC3)C2)CC1. The van der Waals surface area contributed by atoms with E-state index in [2.05, 4.69) is 11.8 Å². The van der Waals surface area contributed by atoms with Crippen molar-refractivity contribution in [1.29, 1.82) is 0 Å². The molecule has 2 aliphatic heterocycles. The van der Waals surface area contributed by atoms with Crippen molar-refractivity contribution in [2.75, 3.05) is 39.5 Å². The minimum atomic E-state index is 0.123. The predicted molar refractivity (Wildman–Crippen MR) is 76.3 cm³/mol. The van der Waals surface area contributed by atoms with Gasteiger partial charge in [-0.15, -0.1) is 0 Å². The van der Waals surface area contributed by atoms with E-state index in [1.54, 1.807) is 0 Å². The lowest BCUT2D eigenvalue weighted by atomic mass is 9.82. The van der Waals surface area contributed by atoms with Gasteiger partial charge >= 0.3 is 0 Å². The Hall–Kier alpha value is -0.120. The number of morpholine rings is 1. The molecule has 1 saturated carbocycles. The Morgan fingerprint density at radius 2 is 1.79 bits per heavy atom. The van der Waals surface area contributed by atoms with Gasteiger partial charge in [-0.2, -0.15) is 0 Å². The van der Waals surface area contributed by atoms with Crippen molar-refractivity contribution in [3.8, 4) is 0 Å². The van der Waals surface area contributed by atoms with Crippen LogP contribution in [0.3, 0.4) is 0 Å². The van der Waals surface area contributed by atoms with Gasteiger partial charge in [-0.1, -0.05) is 19.8 Å². The summed E-state index contributed by atoms with van der Waals surface area (Å²) in [6, 6.07) is 0. The third-order valence-corrected chi connectivity index (χ3v) is 5.38. The first-order valence-electron chi connectivity index (χ1n) is 8.20. The van der Waals surface area contributed by atoms with E-state index in [0.717, 1.165) is 57.6 Å². The highest BCUT2D eigenvalue weighted by Crippen LogP contribution is 2.32. The molecule has 0 bridgehead atoms. The summed E-state index contributed by atoms with van der Waals surface area (Å²) < 4.78 is 11.6. The largest absolute Gasteiger partial charge is 0.381 e. The van der Waals surface area contributed by atoms with Crippen LogP contribution in [-0.2, 0) is 9.47 Å². The minimum absolute atomic E-state index is 0.123. The van der Waals surface area contributed by atoms with Crippen molar-refractivity contribution in [1.82, 2.24) is 4.90 Å². The molecule has 2 heterocycles. The third-order valence-electron chi connectivity index (χ3n) is 5.38. The summed E-state index contributed by atoms with van der Waals surface area (Å²) in [4.78, 5) is 2.68. The summed E-state index contributed by atoms with van der Waals surface area (Å²) in [6.07, 6.45) is 7.93. The highest BCUT2D eigenvalue weighted by atomic mass is 16.5. The fourth-order valence-corrected chi connectivity index (χ4v) is 4.00. The maximum Gasteiger partial charge on any atom is 0.0853 e. The topological polar surface area (TPSA) is 21.7 Å². The predicted octanol–water partition coefficient (Wildman–Crippen LogP) is 2.69. The van der Waals surface area contributed by atoms with Gasteiger partial charge < -0.3 is 9.47 Å². The maximum atomic E-state index is 6.12. The normalized spacial score (nSPS) is 36.5. The lowest BCUT2D eigenvalue weighted by Crippen LogP contribution is -2.55. The number of rotatable bonds is 2. The molecular weight excluding hydrogens is 238 g/mol. The number of ether oxygens (including phenoxy) is 2. The van der Waals surface area contributed by atoms with Crippen LogP contribution in [0.2, 0.25) is 0 Å². The van der Waals surface area contributed by atoms with E-state index < -0.39 is 0 Å². The van der Waals surface area contributed by atoms with E-state index in [4.69, 9.17) is 9.47 Å². The van der Waals surface area contributed by atoms with Crippen molar-refractivity contribution in [2.24, 2.45) is 11.8 Å². The van der Waals surface area contributed by atoms with Crippen molar-refractivity contribution in [3.63, 3.8) is 0 Å². The summed E-state index contributed by atoms with van der Waals surface area (Å²) in [7, 11) is 0. The average Bonchev–Trinajstić information content (AvgIpc) is 2.42. The smallest absolute Gasteiger partial charge is 0.0853 e. The first kappa shape index (κ1) is 13.8. The van der Waals surface area contributed by atoms with Crippen molar-refractivity contribution < 1.29 is 9.47 Å². The molecule has 2 saturated heterocycles. The van der Waals surface area contributed by atoms with Gasteiger partial charge in [-0.25, -0.2) is 0 Å². The Labute approximate surface area is 117 Å². The standard InChI is InChI=1S/C16H29NO2/c1-14-2-4-15(5-3-14)12-17-8-11-19-16(13-17)6-9-18-10-7-16/h14-15H,2-13H2,1H3. The fraction of sp³-hybridized carbons (Fsp3) is 1.00. The monoisotopic (exact) mass is 267 g/mol. The summed E-state index contributed by atoms with van der Waals surface area (Å²) in [5.74, 6) is 1.90. The van der Waals surface area contributed by atoms with Gasteiger partial charge in [0.15, 0.2) is 0 Å². The van der Waals surface area contributed by atoms with Crippen LogP contribution in [0.5, 0.6) is 0 Å². The summed E-state index contributed by atoms with van der Waals surface area (Å²) in [6.45, 7) is 8.67. The number of hydrogen-bond acceptors (Lipinski definition) is 3. The maximum absolute atomic E-state index is 6.12. The molecule has 0 radical (unpaired) electrons. The Balaban J connectivity index is 1.50. The number of nitrogens with zero attached hydrogens (tertiary/aromatic N) is 1. The molecular formula is C16H29NO2. The molecule has 3 fully saturated rings. The molecule has 3 heteroatoms. The van der Waals surface area contributed by atoms with Gasteiger partial charge in [0, 0.05) is 45.7 Å². The first-order valence-corrected chi connectivity index (χ1v) is 8.20. The summed E-state index contributed by atoms with van der Waals surface area (Å²) >= 11 is 0. The molecule has 0 N–H and O–H groups in total. The van der Waals surface area contributed by atoms with Gasteiger partial charge in [-0.3, -0.25) is 4.90 Å². The second-order valence-corrected chi connectivity index (χ2v) is 7.00. The van der Waals surface area contributed by atoms with E-state index in [1.807, 2.05) is 0 Å². The highest BCUT2D eigenvalue weighted by Gasteiger charge is 2.38. The Bertz CT molecular complexity index is 275. The van der Waals surface area contributed by atoms with Crippen molar-refractivity contribution in [3.05, 3.63) is 0 Å². The molecule has 1 spiro atoms. The molecule has 19 heavy (non-hydrogen) atoms. The van der Waals surface area contributed by atoms with Gasteiger partial charge in [0.25, 0.3) is 0 Å². The molecule has 3 aliphatic rings. The van der Waals surface area contributed by atoms with E-state index in [-0.39, 0.29) is 5.60 Å². The fourth-order valence-electron chi connectivity index (χ4n) is 4.00. The van der Waals surface area contributed by atoms with E-state index in [1.165, 1.54) is 32.2 Å². The highest BCUT2D eigenvalue weighted by molar-refractivity contribution is 4.90. The zero-order valence-electron chi connectivity index (χ0n) is 12.4. The van der Waals surface area contributed by atoms with Crippen LogP contribution in [-0.4, -0.2) is 50.0 Å². The van der Waals surface area contributed by atoms with Gasteiger partial charge in [0.1, 0.15) is 0 Å². The minimum Gasteiger partial charge on any atom is -0.381 e. The summed E-state index contributed by atoms with van der Waals surface area (Å²) in [5, 5.41) is 0. The van der Waals surface area contributed by atoms with Crippen LogP contribution in [0.1, 0.15) is 45.4 Å². The molecule has 3 rings (SSSR count). The molecule has 0 aromatic heterocycles. The zero-order valence-corrected chi connectivity index (χ0v) is 12.4. The van der Waals surface area contributed by atoms with Crippen LogP contribution < -0.4 is 0 Å². The van der Waals surface area contributed by atoms with Crippen molar-refractivity contribution in [2.45, 2.75) is 51.0 Å². The molecule has 0 aromatic carbocycles. The lowest BCUT2D eigenvalue weighted by Gasteiger charge is -2.46. The molecule has 0 aromatic rings. The van der Waals surface area contributed by atoms with Crippen LogP contribution in [0.25, 0.3) is 0 Å². The van der Waals surface area contributed by atoms with E-state index in [0.29, 0.717) is 0 Å². The van der Waals surface area contributed by atoms with Gasteiger partial charge in [0.2, 0.25) is 0 Å². The Kier molecular flexibility index (Phi) is 4.45. The first-order chi connectivity index (χ1) is 9.26. The quantitative estimate of drug-likeness (QED) is 0.768.